The lowest BCUT2D eigenvalue weighted by Crippen LogP contribution is -1.91. The van der Waals surface area contributed by atoms with Crippen molar-refractivity contribution in [3.05, 3.63) is 88.2 Å². The van der Waals surface area contributed by atoms with Gasteiger partial charge in [0.2, 0.25) is 0 Å². The maximum atomic E-state index is 6.79. The molecule has 0 atom stereocenters. The van der Waals surface area contributed by atoms with E-state index >= 15 is 0 Å². The third kappa shape index (κ3) is 3.00. The van der Waals surface area contributed by atoms with Gasteiger partial charge in [-0.3, -0.25) is 0 Å². The number of methoxy groups -OCH3 is 1. The molecule has 0 unspecified atom stereocenters. The first-order valence-corrected chi connectivity index (χ1v) is 10.8. The average Bonchev–Trinajstić information content (AvgIpc) is 3.27. The molecule has 5 rings (SSSR count). The molecule has 0 amide bonds. The van der Waals surface area contributed by atoms with E-state index in [0.717, 1.165) is 54.0 Å². The van der Waals surface area contributed by atoms with Crippen LogP contribution in [0, 0.1) is 0 Å². The summed E-state index contributed by atoms with van der Waals surface area (Å²) in [7, 11) is 1.67. The van der Waals surface area contributed by atoms with E-state index in [-0.39, 0.29) is 0 Å². The molecule has 0 aliphatic carbocycles. The maximum Gasteiger partial charge on any atom is 0.118 e. The topological polar surface area (TPSA) is 9.23 Å². The molecule has 0 N–H and O–H groups in total. The lowest BCUT2D eigenvalue weighted by atomic mass is 9.88. The van der Waals surface area contributed by atoms with Crippen molar-refractivity contribution in [1.82, 2.24) is 0 Å². The van der Waals surface area contributed by atoms with Crippen LogP contribution in [0.4, 0.5) is 0 Å². The van der Waals surface area contributed by atoms with Crippen LogP contribution in [0.1, 0.15) is 0 Å². The van der Waals surface area contributed by atoms with Crippen LogP contribution in [0.5, 0.6) is 5.75 Å². The Bertz CT molecular complexity index is 1340. The molecular weight excluding hydrogens is 419 g/mol. The van der Waals surface area contributed by atoms with Crippen molar-refractivity contribution in [1.29, 1.82) is 0 Å². The summed E-state index contributed by atoms with van der Waals surface area (Å²) in [6, 6.07) is 24.5. The van der Waals surface area contributed by atoms with Gasteiger partial charge < -0.3 is 4.74 Å². The van der Waals surface area contributed by atoms with E-state index in [4.69, 9.17) is 27.9 Å². The van der Waals surface area contributed by atoms with Gasteiger partial charge in [0, 0.05) is 31.3 Å². The third-order valence-electron chi connectivity index (χ3n) is 5.21. The molecule has 0 saturated carbocycles. The number of rotatable bonds is 3. The van der Waals surface area contributed by atoms with Gasteiger partial charge in [0.05, 0.1) is 7.11 Å². The molecule has 4 aromatic carbocycles. The number of ether oxygens (including phenoxy) is 1. The Balaban J connectivity index is 2.02. The standard InChI is InChI=1S/C25H16Cl2OS/c1-28-16-12-10-15(11-13-16)22-17-5-2-8-20(27)24(17)25(21-9-4-14-29-21)18-6-3-7-19(26)23(18)22/h2-14H,1H3. The van der Waals surface area contributed by atoms with Gasteiger partial charge in [-0.25, -0.2) is 0 Å². The van der Waals surface area contributed by atoms with Crippen LogP contribution in [-0.4, -0.2) is 7.11 Å². The van der Waals surface area contributed by atoms with Gasteiger partial charge in [0.25, 0.3) is 0 Å². The fourth-order valence-electron chi connectivity index (χ4n) is 3.98. The Kier molecular flexibility index (Phi) is 4.71. The van der Waals surface area contributed by atoms with Gasteiger partial charge in [0.1, 0.15) is 5.75 Å². The predicted octanol–water partition coefficient (Wildman–Crippen LogP) is 8.70. The molecule has 1 heterocycles. The van der Waals surface area contributed by atoms with Gasteiger partial charge in [-0.15, -0.1) is 11.3 Å². The molecule has 1 nitrogen and oxygen atoms in total. The van der Waals surface area contributed by atoms with Gasteiger partial charge in [0.15, 0.2) is 0 Å². The maximum absolute atomic E-state index is 6.79. The molecule has 0 fully saturated rings. The third-order valence-corrected chi connectivity index (χ3v) is 6.73. The van der Waals surface area contributed by atoms with E-state index in [0.29, 0.717) is 0 Å². The summed E-state index contributed by atoms with van der Waals surface area (Å²) in [5, 5.41) is 7.84. The SMILES string of the molecule is COc1ccc(-c2c3cccc(Cl)c3c(-c3cccs3)c3cccc(Cl)c23)cc1. The molecule has 1 aromatic heterocycles. The van der Waals surface area contributed by atoms with Crippen LogP contribution in [0.2, 0.25) is 10.0 Å². The first-order valence-electron chi connectivity index (χ1n) is 9.19. The molecule has 142 valence electrons. The molecule has 0 spiro atoms. The van der Waals surface area contributed by atoms with Crippen LogP contribution in [0.25, 0.3) is 43.1 Å². The average molecular weight is 435 g/mol. The van der Waals surface area contributed by atoms with Crippen molar-refractivity contribution in [2.45, 2.75) is 0 Å². The highest BCUT2D eigenvalue weighted by atomic mass is 35.5. The second kappa shape index (κ2) is 7.38. The monoisotopic (exact) mass is 434 g/mol. The lowest BCUT2D eigenvalue weighted by molar-refractivity contribution is 0.415. The van der Waals surface area contributed by atoms with E-state index in [9.17, 15) is 0 Å². The first kappa shape index (κ1) is 18.5. The van der Waals surface area contributed by atoms with Crippen molar-refractivity contribution in [3.63, 3.8) is 0 Å². The molecule has 0 saturated heterocycles. The Morgan fingerprint density at radius 2 is 1.31 bits per heavy atom. The Morgan fingerprint density at radius 3 is 1.90 bits per heavy atom. The van der Waals surface area contributed by atoms with Crippen LogP contribution in [0.15, 0.2) is 78.2 Å². The zero-order valence-electron chi connectivity index (χ0n) is 15.6. The summed E-state index contributed by atoms with van der Waals surface area (Å²) in [6.07, 6.45) is 0. The predicted molar refractivity (Wildman–Crippen MR) is 127 cm³/mol. The van der Waals surface area contributed by atoms with Crippen molar-refractivity contribution < 1.29 is 4.74 Å². The number of hydrogen-bond donors (Lipinski definition) is 0. The molecular formula is C25H16Cl2OS. The molecule has 29 heavy (non-hydrogen) atoms. The molecule has 5 aromatic rings. The number of fused-ring (bicyclic) bond motifs is 2. The van der Waals surface area contributed by atoms with Crippen molar-refractivity contribution in [2.24, 2.45) is 0 Å². The molecule has 0 bridgehead atoms. The zero-order chi connectivity index (χ0) is 20.0. The van der Waals surface area contributed by atoms with Gasteiger partial charge in [-0.2, -0.15) is 0 Å². The molecule has 0 aliphatic heterocycles. The summed E-state index contributed by atoms with van der Waals surface area (Å²) in [5.41, 5.74) is 3.30. The summed E-state index contributed by atoms with van der Waals surface area (Å²) < 4.78 is 5.35. The number of hydrogen-bond acceptors (Lipinski definition) is 2. The van der Waals surface area contributed by atoms with Crippen LogP contribution in [0.3, 0.4) is 0 Å². The minimum absolute atomic E-state index is 0.730. The second-order valence-corrected chi connectivity index (χ2v) is 8.54. The number of thiophene rings is 1. The van der Waals surface area contributed by atoms with Gasteiger partial charge in [-0.1, -0.05) is 65.7 Å². The minimum atomic E-state index is 0.730. The molecule has 0 radical (unpaired) electrons. The van der Waals surface area contributed by atoms with Crippen LogP contribution in [-0.2, 0) is 0 Å². The van der Waals surface area contributed by atoms with Gasteiger partial charge in [-0.05, 0) is 57.6 Å². The van der Waals surface area contributed by atoms with Crippen LogP contribution < -0.4 is 4.74 Å². The smallest absolute Gasteiger partial charge is 0.118 e. The Labute approximate surface area is 183 Å². The normalized spacial score (nSPS) is 11.3. The highest BCUT2D eigenvalue weighted by Gasteiger charge is 2.20. The Morgan fingerprint density at radius 1 is 0.690 bits per heavy atom. The lowest BCUT2D eigenvalue weighted by Gasteiger charge is -2.18. The van der Waals surface area contributed by atoms with Crippen molar-refractivity contribution in [3.8, 4) is 27.3 Å². The summed E-state index contributed by atoms with van der Waals surface area (Å²) in [4.78, 5) is 1.18. The summed E-state index contributed by atoms with van der Waals surface area (Å²) >= 11 is 15.3. The van der Waals surface area contributed by atoms with E-state index < -0.39 is 0 Å². The van der Waals surface area contributed by atoms with E-state index in [1.54, 1.807) is 18.4 Å². The fourth-order valence-corrected chi connectivity index (χ4v) is 5.31. The number of benzene rings is 4. The van der Waals surface area contributed by atoms with E-state index in [1.165, 1.54) is 4.88 Å². The van der Waals surface area contributed by atoms with E-state index in [1.807, 2.05) is 36.4 Å². The molecule has 0 aliphatic rings. The largest absolute Gasteiger partial charge is 0.497 e. The summed E-state index contributed by atoms with van der Waals surface area (Å²) in [6.45, 7) is 0. The fraction of sp³-hybridized carbons (Fsp3) is 0.0400. The second-order valence-electron chi connectivity index (χ2n) is 6.78. The first-order chi connectivity index (χ1) is 14.2. The minimum Gasteiger partial charge on any atom is -0.497 e. The van der Waals surface area contributed by atoms with Crippen molar-refractivity contribution in [2.75, 3.05) is 7.11 Å². The highest BCUT2D eigenvalue weighted by Crippen LogP contribution is 2.48. The number of halogens is 2. The quantitative estimate of drug-likeness (QED) is 0.258. The summed E-state index contributed by atoms with van der Waals surface area (Å²) in [5.74, 6) is 0.821. The van der Waals surface area contributed by atoms with Crippen molar-refractivity contribution >= 4 is 56.1 Å². The van der Waals surface area contributed by atoms with E-state index in [2.05, 4.69) is 41.8 Å². The molecule has 4 heteroatoms. The van der Waals surface area contributed by atoms with Crippen LogP contribution >= 0.6 is 34.5 Å². The highest BCUT2D eigenvalue weighted by molar-refractivity contribution is 7.13. The van der Waals surface area contributed by atoms with Gasteiger partial charge >= 0.3 is 0 Å². The zero-order valence-corrected chi connectivity index (χ0v) is 17.9. The Hall–Kier alpha value is -2.52.